The zero-order valence-corrected chi connectivity index (χ0v) is 11.9. The number of rotatable bonds is 3. The highest BCUT2D eigenvalue weighted by atomic mass is 32.1. The molecule has 3 N–H and O–H groups in total. The van der Waals surface area contributed by atoms with E-state index < -0.39 is 0 Å². The molecule has 1 saturated heterocycles. The van der Waals surface area contributed by atoms with Crippen molar-refractivity contribution < 1.29 is 4.79 Å². The largest absolute Gasteiger partial charge is 0.382 e. The average Bonchev–Trinajstić information content (AvgIpc) is 2.83. The first-order chi connectivity index (χ1) is 8.50. The van der Waals surface area contributed by atoms with Crippen LogP contribution >= 0.6 is 11.5 Å². The van der Waals surface area contributed by atoms with Crippen LogP contribution < -0.4 is 16.0 Å². The Hall–Kier alpha value is -1.30. The summed E-state index contributed by atoms with van der Waals surface area (Å²) in [5, 5.41) is 3.80. The monoisotopic (exact) mass is 268 g/mol. The standard InChI is InChI=1S/C12H20N4OS/c1-7(2)14-11(17)9-10(13)15-18-12(9)16-6-4-5-8(16)3/h7-8H,4-6H2,1-3H3,(H2,13,15)(H,14,17). The molecule has 6 heteroatoms. The van der Waals surface area contributed by atoms with Crippen molar-refractivity contribution in [2.24, 2.45) is 0 Å². The zero-order chi connectivity index (χ0) is 13.3. The number of carbonyl (C=O) groups is 1. The molecule has 5 nitrogen and oxygen atoms in total. The van der Waals surface area contributed by atoms with Crippen LogP contribution in [0, 0.1) is 0 Å². The van der Waals surface area contributed by atoms with Crippen molar-refractivity contribution in [1.82, 2.24) is 9.69 Å². The van der Waals surface area contributed by atoms with Crippen LogP contribution in [0.15, 0.2) is 0 Å². The Labute approximate surface area is 112 Å². The highest BCUT2D eigenvalue weighted by molar-refractivity contribution is 7.11. The number of carbonyl (C=O) groups excluding carboxylic acids is 1. The lowest BCUT2D eigenvalue weighted by molar-refractivity contribution is 0.0945. The predicted molar refractivity (Wildman–Crippen MR) is 75.2 cm³/mol. The van der Waals surface area contributed by atoms with E-state index in [0.29, 0.717) is 17.4 Å². The van der Waals surface area contributed by atoms with Crippen LogP contribution in [0.2, 0.25) is 0 Å². The van der Waals surface area contributed by atoms with E-state index in [4.69, 9.17) is 5.73 Å². The summed E-state index contributed by atoms with van der Waals surface area (Å²) in [5.74, 6) is 0.220. The second-order valence-electron chi connectivity index (χ2n) is 5.06. The molecule has 1 aliphatic rings. The third-order valence-corrected chi connectivity index (χ3v) is 4.06. The van der Waals surface area contributed by atoms with Gasteiger partial charge < -0.3 is 16.0 Å². The second kappa shape index (κ2) is 5.14. The molecule has 1 aromatic heterocycles. The molecule has 2 heterocycles. The summed E-state index contributed by atoms with van der Waals surface area (Å²) in [5.41, 5.74) is 6.39. The average molecular weight is 268 g/mol. The molecule has 0 saturated carbocycles. The number of hydrogen-bond acceptors (Lipinski definition) is 5. The Morgan fingerprint density at radius 2 is 2.33 bits per heavy atom. The van der Waals surface area contributed by atoms with Gasteiger partial charge in [-0.15, -0.1) is 0 Å². The van der Waals surface area contributed by atoms with E-state index in [-0.39, 0.29) is 11.9 Å². The minimum Gasteiger partial charge on any atom is -0.382 e. The third-order valence-electron chi connectivity index (χ3n) is 3.16. The fourth-order valence-corrected chi connectivity index (χ4v) is 3.21. The highest BCUT2D eigenvalue weighted by Gasteiger charge is 2.29. The highest BCUT2D eigenvalue weighted by Crippen LogP contribution is 2.35. The molecule has 1 aliphatic heterocycles. The van der Waals surface area contributed by atoms with Crippen LogP contribution in [0.4, 0.5) is 10.8 Å². The molecule has 1 amide bonds. The van der Waals surface area contributed by atoms with Crippen LogP contribution in [-0.2, 0) is 0 Å². The molecule has 2 rings (SSSR count). The van der Waals surface area contributed by atoms with Gasteiger partial charge in [-0.05, 0) is 45.1 Å². The molecule has 0 radical (unpaired) electrons. The predicted octanol–water partition coefficient (Wildman–Crippen LogP) is 1.85. The van der Waals surface area contributed by atoms with E-state index >= 15 is 0 Å². The number of nitrogens with zero attached hydrogens (tertiary/aromatic N) is 2. The quantitative estimate of drug-likeness (QED) is 0.877. The summed E-state index contributed by atoms with van der Waals surface area (Å²) in [4.78, 5) is 14.4. The smallest absolute Gasteiger partial charge is 0.258 e. The van der Waals surface area contributed by atoms with Gasteiger partial charge in [0.05, 0.1) is 0 Å². The number of aromatic nitrogens is 1. The Kier molecular flexibility index (Phi) is 3.75. The van der Waals surface area contributed by atoms with Gasteiger partial charge in [-0.25, -0.2) is 0 Å². The van der Waals surface area contributed by atoms with E-state index in [1.54, 1.807) is 0 Å². The van der Waals surface area contributed by atoms with Gasteiger partial charge in [0.2, 0.25) is 0 Å². The Balaban J connectivity index is 2.29. The van der Waals surface area contributed by atoms with Crippen molar-refractivity contribution in [1.29, 1.82) is 0 Å². The topological polar surface area (TPSA) is 71.2 Å². The molecule has 0 aliphatic carbocycles. The van der Waals surface area contributed by atoms with Crippen LogP contribution in [0.3, 0.4) is 0 Å². The van der Waals surface area contributed by atoms with Gasteiger partial charge in [-0.3, -0.25) is 4.79 Å². The number of amides is 1. The van der Waals surface area contributed by atoms with E-state index in [2.05, 4.69) is 21.5 Å². The van der Waals surface area contributed by atoms with Gasteiger partial charge in [0.15, 0.2) is 5.82 Å². The summed E-state index contributed by atoms with van der Waals surface area (Å²) in [6.07, 6.45) is 2.31. The van der Waals surface area contributed by atoms with Gasteiger partial charge >= 0.3 is 0 Å². The Bertz CT molecular complexity index is 443. The number of anilines is 2. The van der Waals surface area contributed by atoms with E-state index in [1.165, 1.54) is 11.5 Å². The second-order valence-corrected chi connectivity index (χ2v) is 5.81. The summed E-state index contributed by atoms with van der Waals surface area (Å²) in [6.45, 7) is 7.02. The summed E-state index contributed by atoms with van der Waals surface area (Å²) in [7, 11) is 0. The van der Waals surface area contributed by atoms with Gasteiger partial charge in [-0.1, -0.05) is 0 Å². The molecule has 1 atom stereocenters. The summed E-state index contributed by atoms with van der Waals surface area (Å²) in [6, 6.07) is 0.552. The minimum absolute atomic E-state index is 0.0978. The molecule has 0 spiro atoms. The van der Waals surface area contributed by atoms with Gasteiger partial charge in [0, 0.05) is 18.6 Å². The maximum Gasteiger partial charge on any atom is 0.258 e. The fourth-order valence-electron chi connectivity index (χ4n) is 2.27. The first-order valence-electron chi connectivity index (χ1n) is 6.33. The summed E-state index contributed by atoms with van der Waals surface area (Å²) < 4.78 is 4.14. The van der Waals surface area contributed by atoms with Crippen molar-refractivity contribution in [3.8, 4) is 0 Å². The van der Waals surface area contributed by atoms with Crippen LogP contribution in [0.1, 0.15) is 44.0 Å². The molecular formula is C12H20N4OS. The molecule has 0 aromatic carbocycles. The molecule has 100 valence electrons. The van der Waals surface area contributed by atoms with Crippen molar-refractivity contribution in [2.75, 3.05) is 17.2 Å². The molecule has 1 fully saturated rings. The van der Waals surface area contributed by atoms with Gasteiger partial charge in [0.25, 0.3) is 5.91 Å². The lowest BCUT2D eigenvalue weighted by Crippen LogP contribution is -2.33. The fraction of sp³-hybridized carbons (Fsp3) is 0.667. The normalized spacial score (nSPS) is 19.6. The Morgan fingerprint density at radius 3 is 2.89 bits per heavy atom. The lowest BCUT2D eigenvalue weighted by Gasteiger charge is -2.22. The maximum atomic E-state index is 12.2. The van der Waals surface area contributed by atoms with E-state index in [0.717, 1.165) is 24.4 Å². The van der Waals surface area contributed by atoms with Gasteiger partial charge in [-0.2, -0.15) is 4.37 Å². The molecule has 18 heavy (non-hydrogen) atoms. The van der Waals surface area contributed by atoms with Crippen molar-refractivity contribution >= 4 is 28.3 Å². The van der Waals surface area contributed by atoms with E-state index in [1.807, 2.05) is 13.8 Å². The number of nitrogen functional groups attached to an aromatic ring is 1. The molecular weight excluding hydrogens is 248 g/mol. The van der Waals surface area contributed by atoms with E-state index in [9.17, 15) is 4.79 Å². The number of hydrogen-bond donors (Lipinski definition) is 2. The maximum absolute atomic E-state index is 12.2. The first kappa shape index (κ1) is 13.1. The third kappa shape index (κ3) is 2.43. The molecule has 1 aromatic rings. The number of nitrogens with two attached hydrogens (primary N) is 1. The Morgan fingerprint density at radius 1 is 1.61 bits per heavy atom. The van der Waals surface area contributed by atoms with Crippen molar-refractivity contribution in [2.45, 2.75) is 45.7 Å². The van der Waals surface area contributed by atoms with Crippen LogP contribution in [0.25, 0.3) is 0 Å². The SMILES string of the molecule is CC(C)NC(=O)c1c(N)nsc1N1CCCC1C. The minimum atomic E-state index is -0.120. The zero-order valence-electron chi connectivity index (χ0n) is 11.1. The number of nitrogens with one attached hydrogen (secondary N) is 1. The summed E-state index contributed by atoms with van der Waals surface area (Å²) >= 11 is 1.32. The van der Waals surface area contributed by atoms with Crippen LogP contribution in [0.5, 0.6) is 0 Å². The molecule has 1 unspecified atom stereocenters. The first-order valence-corrected chi connectivity index (χ1v) is 7.10. The lowest BCUT2D eigenvalue weighted by atomic mass is 10.2. The van der Waals surface area contributed by atoms with Crippen molar-refractivity contribution in [3.05, 3.63) is 5.56 Å². The van der Waals surface area contributed by atoms with Gasteiger partial charge in [0.1, 0.15) is 10.6 Å². The van der Waals surface area contributed by atoms with Crippen LogP contribution in [-0.4, -0.2) is 28.9 Å². The molecule has 0 bridgehead atoms. The van der Waals surface area contributed by atoms with Crippen molar-refractivity contribution in [3.63, 3.8) is 0 Å².